The number of carbonyl (C=O) groups excluding carboxylic acids is 3. The van der Waals surface area contributed by atoms with Crippen molar-refractivity contribution in [3.8, 4) is 0 Å². The molecule has 0 aliphatic carbocycles. The average molecular weight is 342 g/mol. The van der Waals surface area contributed by atoms with Gasteiger partial charge in [-0.25, -0.2) is 0 Å². The van der Waals surface area contributed by atoms with Crippen molar-refractivity contribution in [1.82, 2.24) is 4.90 Å². The molecule has 1 saturated heterocycles. The van der Waals surface area contributed by atoms with E-state index in [0.29, 0.717) is 11.4 Å². The number of aryl methyl sites for hydroxylation is 1. The van der Waals surface area contributed by atoms with Gasteiger partial charge >= 0.3 is 0 Å². The van der Waals surface area contributed by atoms with Gasteiger partial charge in [0, 0.05) is 11.8 Å². The first-order chi connectivity index (χ1) is 11.5. The highest BCUT2D eigenvalue weighted by molar-refractivity contribution is 8.18. The van der Waals surface area contributed by atoms with Gasteiger partial charge in [0.1, 0.15) is 12.3 Å². The second-order valence-corrected chi connectivity index (χ2v) is 6.19. The summed E-state index contributed by atoms with van der Waals surface area (Å²) in [6.45, 7) is 1.58. The number of nitrogens with zero attached hydrogens (tertiary/aromatic N) is 1. The Bertz CT molecular complexity index is 827. The summed E-state index contributed by atoms with van der Waals surface area (Å²) in [5.41, 5.74) is 1.62. The number of rotatable bonds is 4. The van der Waals surface area contributed by atoms with Crippen LogP contribution in [0.4, 0.5) is 10.5 Å². The van der Waals surface area contributed by atoms with Gasteiger partial charge in [0.25, 0.3) is 11.1 Å². The monoisotopic (exact) mass is 342 g/mol. The molecule has 122 valence electrons. The number of carbonyl (C=O) groups is 3. The molecule has 3 amide bonds. The smallest absolute Gasteiger partial charge is 0.294 e. The molecule has 1 aliphatic heterocycles. The van der Waals surface area contributed by atoms with Crippen LogP contribution in [0.15, 0.2) is 52.0 Å². The lowest BCUT2D eigenvalue weighted by molar-refractivity contribution is -0.127. The van der Waals surface area contributed by atoms with Gasteiger partial charge in [-0.3, -0.25) is 19.3 Å². The maximum atomic E-state index is 12.3. The van der Waals surface area contributed by atoms with Crippen LogP contribution in [0, 0.1) is 6.92 Å². The third-order valence-corrected chi connectivity index (χ3v) is 4.20. The van der Waals surface area contributed by atoms with Crippen LogP contribution in [0.25, 0.3) is 6.08 Å². The minimum absolute atomic E-state index is 0.235. The molecular formula is C17H14N2O4S. The molecule has 0 atom stereocenters. The number of hydrogen-bond acceptors (Lipinski definition) is 5. The molecule has 0 unspecified atom stereocenters. The number of thioether (sulfide) groups is 1. The zero-order valence-electron chi connectivity index (χ0n) is 12.8. The fourth-order valence-corrected chi connectivity index (χ4v) is 3.02. The largest absolute Gasteiger partial charge is 0.465 e. The number of imide groups is 1. The zero-order chi connectivity index (χ0) is 17.1. The van der Waals surface area contributed by atoms with Crippen LogP contribution in [-0.4, -0.2) is 28.5 Å². The fraction of sp³-hybridized carbons (Fsp3) is 0.118. The lowest BCUT2D eigenvalue weighted by Crippen LogP contribution is -2.36. The average Bonchev–Trinajstić information content (AvgIpc) is 3.12. The van der Waals surface area contributed by atoms with E-state index in [0.717, 1.165) is 22.2 Å². The van der Waals surface area contributed by atoms with Gasteiger partial charge in [-0.2, -0.15) is 0 Å². The van der Waals surface area contributed by atoms with Crippen LogP contribution in [0.2, 0.25) is 0 Å². The third-order valence-electron chi connectivity index (χ3n) is 3.29. The van der Waals surface area contributed by atoms with Crippen LogP contribution in [-0.2, 0) is 9.59 Å². The predicted molar refractivity (Wildman–Crippen MR) is 91.2 cm³/mol. The lowest BCUT2D eigenvalue weighted by atomic mass is 10.2. The molecule has 2 aromatic rings. The van der Waals surface area contributed by atoms with E-state index in [1.807, 2.05) is 25.1 Å². The summed E-state index contributed by atoms with van der Waals surface area (Å²) in [5.74, 6) is -0.451. The summed E-state index contributed by atoms with van der Waals surface area (Å²) < 4.78 is 5.13. The van der Waals surface area contributed by atoms with E-state index in [1.165, 1.54) is 12.3 Å². The lowest BCUT2D eigenvalue weighted by Gasteiger charge is -2.12. The van der Waals surface area contributed by atoms with E-state index in [9.17, 15) is 14.4 Å². The molecule has 1 aromatic carbocycles. The molecule has 1 N–H and O–H groups in total. The zero-order valence-corrected chi connectivity index (χ0v) is 13.6. The maximum Gasteiger partial charge on any atom is 0.294 e. The van der Waals surface area contributed by atoms with Crippen molar-refractivity contribution in [2.45, 2.75) is 6.92 Å². The molecule has 0 bridgehead atoms. The topological polar surface area (TPSA) is 79.6 Å². The molecule has 2 heterocycles. The van der Waals surface area contributed by atoms with Crippen molar-refractivity contribution >= 4 is 40.6 Å². The molecule has 6 nitrogen and oxygen atoms in total. The number of amides is 3. The standard InChI is InChI=1S/C17H14N2O4S/c1-11-4-2-5-12(8-11)18-15(20)10-19-16(21)14(24-17(19)22)9-13-6-3-7-23-13/h2-9H,10H2,1H3,(H,18,20)/b14-9+. The maximum absolute atomic E-state index is 12.3. The Kier molecular flexibility index (Phi) is 4.52. The predicted octanol–water partition coefficient (Wildman–Crippen LogP) is 3.26. The second-order valence-electron chi connectivity index (χ2n) is 5.20. The van der Waals surface area contributed by atoms with Crippen LogP contribution >= 0.6 is 11.8 Å². The van der Waals surface area contributed by atoms with Gasteiger partial charge in [-0.1, -0.05) is 12.1 Å². The van der Waals surface area contributed by atoms with Gasteiger partial charge in [0.15, 0.2) is 0 Å². The van der Waals surface area contributed by atoms with E-state index in [1.54, 1.807) is 18.2 Å². The quantitative estimate of drug-likeness (QED) is 0.863. The highest BCUT2D eigenvalue weighted by Crippen LogP contribution is 2.32. The second kappa shape index (κ2) is 6.76. The number of benzene rings is 1. The first kappa shape index (κ1) is 16.1. The molecule has 1 aliphatic rings. The number of nitrogens with one attached hydrogen (secondary N) is 1. The SMILES string of the molecule is Cc1cccc(NC(=O)CN2C(=O)S/C(=C/c3ccco3)C2=O)c1. The molecule has 1 aromatic heterocycles. The van der Waals surface area contributed by atoms with Crippen LogP contribution in [0.5, 0.6) is 0 Å². The molecule has 7 heteroatoms. The molecule has 3 rings (SSSR count). The Morgan fingerprint density at radius 2 is 2.12 bits per heavy atom. The number of hydrogen-bond donors (Lipinski definition) is 1. The first-order valence-corrected chi connectivity index (χ1v) is 8.00. The van der Waals surface area contributed by atoms with Crippen LogP contribution in [0.3, 0.4) is 0 Å². The Hall–Kier alpha value is -2.80. The Morgan fingerprint density at radius 1 is 1.29 bits per heavy atom. The van der Waals surface area contributed by atoms with Crippen molar-refractivity contribution in [2.75, 3.05) is 11.9 Å². The highest BCUT2D eigenvalue weighted by Gasteiger charge is 2.36. The summed E-state index contributed by atoms with van der Waals surface area (Å²) in [6.07, 6.45) is 2.97. The summed E-state index contributed by atoms with van der Waals surface area (Å²) in [6, 6.07) is 10.6. The van der Waals surface area contributed by atoms with E-state index in [2.05, 4.69) is 5.32 Å². The van der Waals surface area contributed by atoms with Gasteiger partial charge < -0.3 is 9.73 Å². The fourth-order valence-electron chi connectivity index (χ4n) is 2.21. The molecule has 1 fully saturated rings. The summed E-state index contributed by atoms with van der Waals surface area (Å²) in [5, 5.41) is 2.20. The minimum Gasteiger partial charge on any atom is -0.465 e. The van der Waals surface area contributed by atoms with Crippen molar-refractivity contribution in [2.24, 2.45) is 0 Å². The Balaban J connectivity index is 1.67. The van der Waals surface area contributed by atoms with Gasteiger partial charge in [0.2, 0.25) is 5.91 Å². The molecule has 0 saturated carbocycles. The van der Waals surface area contributed by atoms with Crippen molar-refractivity contribution in [1.29, 1.82) is 0 Å². The van der Waals surface area contributed by atoms with E-state index < -0.39 is 17.1 Å². The van der Waals surface area contributed by atoms with Crippen molar-refractivity contribution in [3.05, 3.63) is 58.9 Å². The molecular weight excluding hydrogens is 328 g/mol. The molecule has 0 radical (unpaired) electrons. The minimum atomic E-state index is -0.499. The van der Waals surface area contributed by atoms with Crippen LogP contribution in [0.1, 0.15) is 11.3 Å². The number of anilines is 1. The van der Waals surface area contributed by atoms with Gasteiger partial charge in [-0.15, -0.1) is 0 Å². The van der Waals surface area contributed by atoms with Gasteiger partial charge in [0.05, 0.1) is 11.2 Å². The highest BCUT2D eigenvalue weighted by atomic mass is 32.2. The van der Waals surface area contributed by atoms with Crippen molar-refractivity contribution < 1.29 is 18.8 Å². The van der Waals surface area contributed by atoms with Crippen LogP contribution < -0.4 is 5.32 Å². The normalized spacial score (nSPS) is 16.0. The number of furan rings is 1. The molecule has 24 heavy (non-hydrogen) atoms. The van der Waals surface area contributed by atoms with E-state index in [-0.39, 0.29) is 11.4 Å². The summed E-state index contributed by atoms with van der Waals surface area (Å²) in [7, 11) is 0. The van der Waals surface area contributed by atoms with Gasteiger partial charge in [-0.05, 0) is 48.5 Å². The summed E-state index contributed by atoms with van der Waals surface area (Å²) >= 11 is 0.789. The van der Waals surface area contributed by atoms with E-state index >= 15 is 0 Å². The Morgan fingerprint density at radius 3 is 2.83 bits per heavy atom. The molecule has 0 spiro atoms. The van der Waals surface area contributed by atoms with E-state index in [4.69, 9.17) is 4.42 Å². The Labute approximate surface area is 142 Å². The third kappa shape index (κ3) is 3.57. The van der Waals surface area contributed by atoms with Crippen molar-refractivity contribution in [3.63, 3.8) is 0 Å². The summed E-state index contributed by atoms with van der Waals surface area (Å²) in [4.78, 5) is 37.5. The first-order valence-electron chi connectivity index (χ1n) is 7.18.